The third kappa shape index (κ3) is 2.42. The quantitative estimate of drug-likeness (QED) is 0.754. The first-order valence-corrected chi connectivity index (χ1v) is 5.78. The van der Waals surface area contributed by atoms with Gasteiger partial charge in [0.25, 0.3) is 0 Å². The van der Waals surface area contributed by atoms with Crippen LogP contribution in [0.3, 0.4) is 0 Å². The zero-order valence-electron chi connectivity index (χ0n) is 8.87. The van der Waals surface area contributed by atoms with Crippen molar-refractivity contribution in [2.45, 2.75) is 26.4 Å². The van der Waals surface area contributed by atoms with Gasteiger partial charge in [-0.1, -0.05) is 6.07 Å². The number of halogens is 1. The monoisotopic (exact) mass is 317 g/mol. The topological polar surface area (TPSA) is 35.3 Å². The molecule has 80 valence electrons. The Labute approximate surface area is 102 Å². The van der Waals surface area contributed by atoms with Crippen molar-refractivity contribution in [3.8, 4) is 6.08 Å². The predicted octanol–water partition coefficient (Wildman–Crippen LogP) is 3.61. The van der Waals surface area contributed by atoms with Gasteiger partial charge in [-0.25, -0.2) is 0 Å². The van der Waals surface area contributed by atoms with E-state index in [0.717, 1.165) is 14.7 Å². The number of para-hydroxylation sites is 1. The third-order valence-corrected chi connectivity index (χ3v) is 2.59. The molecule has 0 unspecified atom stereocenters. The number of nitrogens with zero attached hydrogens (tertiary/aromatic N) is 1. The highest BCUT2D eigenvalue weighted by Gasteiger charge is 2.17. The average molecular weight is 317 g/mol. The predicted molar refractivity (Wildman–Crippen MR) is 67.1 cm³/mol. The maximum absolute atomic E-state index is 5.56. The fourth-order valence-corrected chi connectivity index (χ4v) is 1.79. The first-order valence-electron chi connectivity index (χ1n) is 4.70. The van der Waals surface area contributed by atoms with Gasteiger partial charge in [0, 0.05) is 0 Å². The highest BCUT2D eigenvalue weighted by Crippen LogP contribution is 2.26. The second-order valence-corrected chi connectivity index (χ2v) is 5.44. The van der Waals surface area contributed by atoms with E-state index in [1.165, 1.54) is 0 Å². The standard InChI is InChI=1S/C11H12INO2/c1-11(2,3)15-10-13-8-6-4-5-7(12)9(8)14-10/h4-6H,1-3H3. The molecular formula is C11H12INO2. The maximum Gasteiger partial charge on any atom is 0.395 e. The summed E-state index contributed by atoms with van der Waals surface area (Å²) in [7, 11) is 0. The van der Waals surface area contributed by atoms with Crippen LogP contribution >= 0.6 is 22.6 Å². The van der Waals surface area contributed by atoms with Crippen LogP contribution in [0.2, 0.25) is 0 Å². The minimum Gasteiger partial charge on any atom is -0.444 e. The highest BCUT2D eigenvalue weighted by molar-refractivity contribution is 14.1. The lowest BCUT2D eigenvalue weighted by Gasteiger charge is -2.17. The molecular weight excluding hydrogens is 305 g/mol. The molecule has 0 radical (unpaired) electrons. The fraction of sp³-hybridized carbons (Fsp3) is 0.364. The van der Waals surface area contributed by atoms with Crippen molar-refractivity contribution in [1.82, 2.24) is 4.98 Å². The minimum absolute atomic E-state index is 0.285. The van der Waals surface area contributed by atoms with Crippen molar-refractivity contribution in [2.24, 2.45) is 0 Å². The van der Waals surface area contributed by atoms with E-state index < -0.39 is 0 Å². The molecule has 4 heteroatoms. The van der Waals surface area contributed by atoms with E-state index in [-0.39, 0.29) is 5.60 Å². The smallest absolute Gasteiger partial charge is 0.395 e. The molecule has 3 nitrogen and oxygen atoms in total. The molecule has 0 bridgehead atoms. The van der Waals surface area contributed by atoms with E-state index in [4.69, 9.17) is 9.15 Å². The Balaban J connectivity index is 2.44. The summed E-state index contributed by atoms with van der Waals surface area (Å²) in [5.41, 5.74) is 1.34. The number of fused-ring (bicyclic) bond motifs is 1. The van der Waals surface area contributed by atoms with Crippen molar-refractivity contribution >= 4 is 33.7 Å². The van der Waals surface area contributed by atoms with Gasteiger partial charge in [0.05, 0.1) is 3.57 Å². The van der Waals surface area contributed by atoms with Crippen LogP contribution in [0.25, 0.3) is 11.1 Å². The Hall–Kier alpha value is -0.780. The molecule has 0 spiro atoms. The molecule has 0 aliphatic carbocycles. The first kappa shape index (κ1) is 10.7. The van der Waals surface area contributed by atoms with Crippen LogP contribution in [0.1, 0.15) is 20.8 Å². The lowest BCUT2D eigenvalue weighted by Crippen LogP contribution is -2.23. The molecule has 0 amide bonds. The van der Waals surface area contributed by atoms with Crippen LogP contribution in [-0.4, -0.2) is 10.6 Å². The van der Waals surface area contributed by atoms with E-state index in [0.29, 0.717) is 6.08 Å². The molecule has 2 aromatic rings. The average Bonchev–Trinajstić information content (AvgIpc) is 2.45. The molecule has 0 aliphatic rings. The molecule has 1 aromatic heterocycles. The molecule has 0 N–H and O–H groups in total. The number of hydrogen-bond acceptors (Lipinski definition) is 3. The van der Waals surface area contributed by atoms with Crippen LogP contribution in [-0.2, 0) is 0 Å². The maximum atomic E-state index is 5.56. The van der Waals surface area contributed by atoms with Crippen LogP contribution < -0.4 is 4.74 Å². The molecule has 0 saturated heterocycles. The summed E-state index contributed by atoms with van der Waals surface area (Å²) >= 11 is 2.22. The van der Waals surface area contributed by atoms with Gasteiger partial charge in [-0.3, -0.25) is 0 Å². The summed E-state index contributed by atoms with van der Waals surface area (Å²) in [5, 5.41) is 0. The molecule has 0 fully saturated rings. The minimum atomic E-state index is -0.285. The Morgan fingerprint density at radius 3 is 2.67 bits per heavy atom. The van der Waals surface area contributed by atoms with Gasteiger partial charge in [-0.2, -0.15) is 4.98 Å². The molecule has 0 atom stereocenters. The zero-order valence-corrected chi connectivity index (χ0v) is 11.0. The van der Waals surface area contributed by atoms with Gasteiger partial charge in [-0.05, 0) is 55.5 Å². The highest BCUT2D eigenvalue weighted by atomic mass is 127. The lowest BCUT2D eigenvalue weighted by molar-refractivity contribution is 0.0900. The van der Waals surface area contributed by atoms with Gasteiger partial charge < -0.3 is 9.15 Å². The lowest BCUT2D eigenvalue weighted by atomic mass is 10.2. The van der Waals surface area contributed by atoms with Gasteiger partial charge in [0.15, 0.2) is 5.58 Å². The van der Waals surface area contributed by atoms with Gasteiger partial charge >= 0.3 is 6.08 Å². The van der Waals surface area contributed by atoms with Crippen molar-refractivity contribution in [2.75, 3.05) is 0 Å². The van der Waals surface area contributed by atoms with Crippen LogP contribution in [0.4, 0.5) is 0 Å². The Bertz CT molecular complexity index is 485. The largest absolute Gasteiger partial charge is 0.444 e. The number of hydrogen-bond donors (Lipinski definition) is 0. The molecule has 1 heterocycles. The Morgan fingerprint density at radius 2 is 2.07 bits per heavy atom. The van der Waals surface area contributed by atoms with Gasteiger partial charge in [-0.15, -0.1) is 0 Å². The van der Waals surface area contributed by atoms with Crippen LogP contribution in [0.5, 0.6) is 6.08 Å². The Morgan fingerprint density at radius 1 is 1.33 bits per heavy atom. The number of ether oxygens (including phenoxy) is 1. The van der Waals surface area contributed by atoms with Crippen molar-refractivity contribution < 1.29 is 9.15 Å². The van der Waals surface area contributed by atoms with E-state index in [9.17, 15) is 0 Å². The molecule has 1 aromatic carbocycles. The van der Waals surface area contributed by atoms with E-state index >= 15 is 0 Å². The van der Waals surface area contributed by atoms with E-state index in [1.807, 2.05) is 39.0 Å². The molecule has 0 aliphatic heterocycles. The molecule has 2 rings (SSSR count). The molecule has 0 saturated carbocycles. The molecule has 15 heavy (non-hydrogen) atoms. The summed E-state index contributed by atoms with van der Waals surface area (Å²) in [6.07, 6.45) is 0.335. The summed E-state index contributed by atoms with van der Waals surface area (Å²) in [5.74, 6) is 0. The summed E-state index contributed by atoms with van der Waals surface area (Å²) in [6.45, 7) is 5.90. The van der Waals surface area contributed by atoms with Gasteiger partial charge in [0.2, 0.25) is 0 Å². The zero-order chi connectivity index (χ0) is 11.1. The summed E-state index contributed by atoms with van der Waals surface area (Å²) in [6, 6.07) is 5.85. The Kier molecular flexibility index (Phi) is 2.62. The number of aromatic nitrogens is 1. The number of benzene rings is 1. The number of oxazole rings is 1. The van der Waals surface area contributed by atoms with Crippen molar-refractivity contribution in [1.29, 1.82) is 0 Å². The van der Waals surface area contributed by atoms with Crippen LogP contribution in [0.15, 0.2) is 22.6 Å². The third-order valence-electron chi connectivity index (χ3n) is 1.74. The van der Waals surface area contributed by atoms with Crippen molar-refractivity contribution in [3.63, 3.8) is 0 Å². The van der Waals surface area contributed by atoms with Crippen molar-refractivity contribution in [3.05, 3.63) is 21.8 Å². The van der Waals surface area contributed by atoms with Gasteiger partial charge in [0.1, 0.15) is 11.1 Å². The van der Waals surface area contributed by atoms with E-state index in [1.54, 1.807) is 0 Å². The van der Waals surface area contributed by atoms with E-state index in [2.05, 4.69) is 27.6 Å². The number of rotatable bonds is 1. The van der Waals surface area contributed by atoms with Crippen LogP contribution in [0, 0.1) is 3.57 Å². The second-order valence-electron chi connectivity index (χ2n) is 4.28. The fourth-order valence-electron chi connectivity index (χ4n) is 1.20. The second kappa shape index (κ2) is 3.66. The SMILES string of the molecule is CC(C)(C)Oc1nc2cccc(I)c2o1. The normalized spacial score (nSPS) is 12.0. The summed E-state index contributed by atoms with van der Waals surface area (Å²) < 4.78 is 12.1. The first-order chi connectivity index (χ1) is 6.96. The summed E-state index contributed by atoms with van der Waals surface area (Å²) in [4.78, 5) is 4.27.